The van der Waals surface area contributed by atoms with E-state index in [4.69, 9.17) is 9.97 Å². The second-order valence-electron chi connectivity index (χ2n) is 8.81. The number of hydrogen-bond acceptors (Lipinski definition) is 4. The number of H-pyrrole nitrogens is 1. The standard InChI is InChI=1S/C22H22N4.C7H7N/c1-14(22-10-3-4-16(22)9-11-22)18-12-19-20(13-24-18)26-21(25-19)15-5-7-17(23-2)8-6-15;1-2-7-5-3-4-6-8-7/h5-9,12-13,23H,1,3-4,10-11H2,2H3,(H,25,26);2-6H,1H2. The Kier molecular flexibility index (Phi) is 5.84. The lowest BCUT2D eigenvalue weighted by Crippen LogP contribution is -2.26. The van der Waals surface area contributed by atoms with Crippen molar-refractivity contribution in [1.82, 2.24) is 19.9 Å². The van der Waals surface area contributed by atoms with E-state index in [0.29, 0.717) is 0 Å². The molecule has 170 valence electrons. The summed E-state index contributed by atoms with van der Waals surface area (Å²) in [5, 5.41) is 3.14. The normalized spacial score (nSPS) is 18.2. The molecule has 0 saturated heterocycles. The van der Waals surface area contributed by atoms with Crippen molar-refractivity contribution >= 4 is 28.4 Å². The van der Waals surface area contributed by atoms with E-state index in [9.17, 15) is 0 Å². The lowest BCUT2D eigenvalue weighted by Gasteiger charge is -2.39. The van der Waals surface area contributed by atoms with E-state index in [0.717, 1.165) is 51.5 Å². The lowest BCUT2D eigenvalue weighted by molar-refractivity contribution is 0.453. The summed E-state index contributed by atoms with van der Waals surface area (Å²) in [4.78, 5) is 16.8. The van der Waals surface area contributed by atoms with Crippen LogP contribution < -0.4 is 5.32 Å². The fraction of sp³-hybridized carbons (Fsp3) is 0.207. The molecule has 2 N–H and O–H groups in total. The van der Waals surface area contributed by atoms with Crippen molar-refractivity contribution in [2.75, 3.05) is 12.4 Å². The predicted octanol–water partition coefficient (Wildman–Crippen LogP) is 6.90. The number of rotatable bonds is 5. The molecular weight excluding hydrogens is 418 g/mol. The molecule has 5 heteroatoms. The maximum Gasteiger partial charge on any atom is 0.138 e. The minimum atomic E-state index is 0.183. The van der Waals surface area contributed by atoms with Crippen LogP contribution >= 0.6 is 0 Å². The van der Waals surface area contributed by atoms with Gasteiger partial charge in [-0.2, -0.15) is 0 Å². The zero-order chi connectivity index (χ0) is 23.5. The number of aromatic nitrogens is 4. The van der Waals surface area contributed by atoms with E-state index in [1.807, 2.05) is 31.4 Å². The Morgan fingerprint density at radius 3 is 2.62 bits per heavy atom. The van der Waals surface area contributed by atoms with Gasteiger partial charge in [0.1, 0.15) is 5.82 Å². The van der Waals surface area contributed by atoms with E-state index in [-0.39, 0.29) is 5.41 Å². The number of hydrogen-bond donors (Lipinski definition) is 2. The van der Waals surface area contributed by atoms with Crippen molar-refractivity contribution in [2.45, 2.75) is 25.7 Å². The van der Waals surface area contributed by atoms with Gasteiger partial charge in [0, 0.05) is 29.9 Å². The number of nitrogens with one attached hydrogen (secondary N) is 2. The van der Waals surface area contributed by atoms with Gasteiger partial charge < -0.3 is 10.3 Å². The molecule has 6 rings (SSSR count). The number of pyridine rings is 2. The summed E-state index contributed by atoms with van der Waals surface area (Å²) in [7, 11) is 1.92. The largest absolute Gasteiger partial charge is 0.388 e. The van der Waals surface area contributed by atoms with Gasteiger partial charge in [0.2, 0.25) is 0 Å². The number of nitrogens with zero attached hydrogens (tertiary/aromatic N) is 3. The Bertz CT molecular complexity index is 1360. The van der Waals surface area contributed by atoms with Crippen LogP contribution in [0.5, 0.6) is 0 Å². The second-order valence-corrected chi connectivity index (χ2v) is 8.81. The molecule has 2 aliphatic carbocycles. The topological polar surface area (TPSA) is 66.5 Å². The molecule has 0 radical (unpaired) electrons. The summed E-state index contributed by atoms with van der Waals surface area (Å²) >= 11 is 0. The minimum absolute atomic E-state index is 0.183. The van der Waals surface area contributed by atoms with Crippen molar-refractivity contribution in [1.29, 1.82) is 0 Å². The molecule has 4 aromatic rings. The van der Waals surface area contributed by atoms with E-state index in [1.165, 1.54) is 19.3 Å². The fourth-order valence-electron chi connectivity index (χ4n) is 4.89. The summed E-state index contributed by atoms with van der Waals surface area (Å²) in [6.45, 7) is 7.99. The Hall–Kier alpha value is -3.99. The van der Waals surface area contributed by atoms with Crippen LogP contribution in [-0.2, 0) is 0 Å². The summed E-state index contributed by atoms with van der Waals surface area (Å²) in [6.07, 6.45) is 12.5. The van der Waals surface area contributed by atoms with Crippen molar-refractivity contribution < 1.29 is 0 Å². The molecule has 1 aromatic carbocycles. The molecular formula is C29H29N5. The fourth-order valence-corrected chi connectivity index (χ4v) is 4.89. The third kappa shape index (κ3) is 3.94. The lowest BCUT2D eigenvalue weighted by atomic mass is 9.65. The summed E-state index contributed by atoms with van der Waals surface area (Å²) < 4.78 is 0. The monoisotopic (exact) mass is 447 g/mol. The highest BCUT2D eigenvalue weighted by Crippen LogP contribution is 2.59. The van der Waals surface area contributed by atoms with Crippen LogP contribution in [0, 0.1) is 5.41 Å². The maximum atomic E-state index is 4.80. The van der Waals surface area contributed by atoms with Gasteiger partial charge >= 0.3 is 0 Å². The average Bonchev–Trinajstić information content (AvgIpc) is 3.44. The molecule has 1 atom stereocenters. The van der Waals surface area contributed by atoms with Gasteiger partial charge in [-0.25, -0.2) is 4.98 Å². The third-order valence-corrected chi connectivity index (χ3v) is 6.96. The maximum absolute atomic E-state index is 4.80. The van der Waals surface area contributed by atoms with Crippen LogP contribution in [0.3, 0.4) is 0 Å². The van der Waals surface area contributed by atoms with Crippen LogP contribution in [0.2, 0.25) is 0 Å². The molecule has 2 aliphatic rings. The summed E-state index contributed by atoms with van der Waals surface area (Å²) in [6, 6.07) is 16.1. The SMILES string of the molecule is C=C(c1cc2nc(-c3ccc(NC)cc3)[nH]c2cn1)C12CC=C1CCC2.C=Cc1ccccn1. The zero-order valence-corrected chi connectivity index (χ0v) is 19.5. The quantitative estimate of drug-likeness (QED) is 0.326. The average molecular weight is 448 g/mol. The first-order valence-corrected chi connectivity index (χ1v) is 11.7. The highest BCUT2D eigenvalue weighted by atomic mass is 14.9. The van der Waals surface area contributed by atoms with E-state index in [1.54, 1.807) is 17.8 Å². The first-order chi connectivity index (χ1) is 16.6. The van der Waals surface area contributed by atoms with E-state index >= 15 is 0 Å². The van der Waals surface area contributed by atoms with Crippen LogP contribution in [-0.4, -0.2) is 27.0 Å². The molecule has 3 aromatic heterocycles. The van der Waals surface area contributed by atoms with E-state index in [2.05, 4.69) is 64.9 Å². The Morgan fingerprint density at radius 1 is 1.15 bits per heavy atom. The van der Waals surface area contributed by atoms with Crippen molar-refractivity contribution in [2.24, 2.45) is 5.41 Å². The number of allylic oxidation sites excluding steroid dienone is 3. The first-order valence-electron chi connectivity index (χ1n) is 11.7. The van der Waals surface area contributed by atoms with Crippen LogP contribution in [0.1, 0.15) is 37.1 Å². The van der Waals surface area contributed by atoms with Gasteiger partial charge in [0.15, 0.2) is 0 Å². The number of fused-ring (bicyclic) bond motifs is 2. The van der Waals surface area contributed by atoms with Gasteiger partial charge in [-0.3, -0.25) is 9.97 Å². The van der Waals surface area contributed by atoms with Gasteiger partial charge in [-0.1, -0.05) is 30.9 Å². The second kappa shape index (κ2) is 9.10. The Morgan fingerprint density at radius 2 is 2.00 bits per heavy atom. The molecule has 34 heavy (non-hydrogen) atoms. The number of benzene rings is 1. The summed E-state index contributed by atoms with van der Waals surface area (Å²) in [5.41, 5.74) is 8.88. The van der Waals surface area contributed by atoms with Crippen molar-refractivity contribution in [3.05, 3.63) is 97.1 Å². The van der Waals surface area contributed by atoms with Crippen LogP contribution in [0.15, 0.2) is 85.7 Å². The molecule has 0 aliphatic heterocycles. The summed E-state index contributed by atoms with van der Waals surface area (Å²) in [5.74, 6) is 0.871. The molecule has 1 fully saturated rings. The molecule has 0 bridgehead atoms. The van der Waals surface area contributed by atoms with Gasteiger partial charge in [-0.15, -0.1) is 0 Å². The Labute approximate surface area is 200 Å². The molecule has 0 spiro atoms. The molecule has 1 saturated carbocycles. The highest BCUT2D eigenvalue weighted by Gasteiger charge is 2.45. The third-order valence-electron chi connectivity index (χ3n) is 6.96. The van der Waals surface area contributed by atoms with Gasteiger partial charge in [0.05, 0.1) is 28.6 Å². The van der Waals surface area contributed by atoms with Crippen LogP contribution in [0.25, 0.3) is 34.1 Å². The number of aromatic amines is 1. The van der Waals surface area contributed by atoms with Crippen LogP contribution in [0.4, 0.5) is 5.69 Å². The Balaban J connectivity index is 0.000000257. The number of anilines is 1. The van der Waals surface area contributed by atoms with Crippen molar-refractivity contribution in [3.8, 4) is 11.4 Å². The van der Waals surface area contributed by atoms with Gasteiger partial charge in [0.25, 0.3) is 0 Å². The highest BCUT2D eigenvalue weighted by molar-refractivity contribution is 5.83. The molecule has 3 heterocycles. The van der Waals surface area contributed by atoms with Crippen molar-refractivity contribution in [3.63, 3.8) is 0 Å². The first kappa shape index (κ1) is 21.8. The molecule has 1 unspecified atom stereocenters. The molecule has 5 nitrogen and oxygen atoms in total. The predicted molar refractivity (Wildman–Crippen MR) is 141 cm³/mol. The minimum Gasteiger partial charge on any atom is -0.388 e. The molecule has 0 amide bonds. The van der Waals surface area contributed by atoms with Gasteiger partial charge in [-0.05, 0) is 79.8 Å². The number of imidazole rings is 1. The van der Waals surface area contributed by atoms with E-state index < -0.39 is 0 Å². The zero-order valence-electron chi connectivity index (χ0n) is 19.5. The smallest absolute Gasteiger partial charge is 0.138 e.